The molecule has 0 fully saturated rings. The molecule has 0 aromatic carbocycles. The third-order valence-corrected chi connectivity index (χ3v) is 2.26. The molecule has 0 aromatic rings. The Hall–Kier alpha value is -1.59. The SMILES string of the molecule is COC(=O)CCCCC(=O)OCOC(=O)C(C)(C)C. The number of methoxy groups -OCH3 is 1. The first-order chi connectivity index (χ1) is 8.77. The lowest BCUT2D eigenvalue weighted by atomic mass is 9.98. The third kappa shape index (κ3) is 9.04. The molecule has 0 aliphatic rings. The Morgan fingerprint density at radius 1 is 0.895 bits per heavy atom. The van der Waals surface area contributed by atoms with Crippen LogP contribution < -0.4 is 0 Å². The van der Waals surface area contributed by atoms with Gasteiger partial charge in [-0.15, -0.1) is 0 Å². The summed E-state index contributed by atoms with van der Waals surface area (Å²) in [6.07, 6.45) is 1.55. The number of rotatable bonds is 7. The second-order valence-electron chi connectivity index (χ2n) is 5.10. The maximum absolute atomic E-state index is 11.3. The minimum atomic E-state index is -0.618. The van der Waals surface area contributed by atoms with E-state index in [0.717, 1.165) is 0 Å². The van der Waals surface area contributed by atoms with E-state index >= 15 is 0 Å². The highest BCUT2D eigenvalue weighted by Gasteiger charge is 2.23. The highest BCUT2D eigenvalue weighted by molar-refractivity contribution is 5.75. The van der Waals surface area contributed by atoms with Crippen LogP contribution in [-0.4, -0.2) is 31.8 Å². The lowest BCUT2D eigenvalue weighted by Gasteiger charge is -2.16. The van der Waals surface area contributed by atoms with Crippen molar-refractivity contribution in [3.05, 3.63) is 0 Å². The fourth-order valence-electron chi connectivity index (χ4n) is 1.08. The van der Waals surface area contributed by atoms with Crippen molar-refractivity contribution in [1.82, 2.24) is 0 Å². The molecule has 0 saturated carbocycles. The number of carbonyl (C=O) groups is 3. The van der Waals surface area contributed by atoms with Gasteiger partial charge in [-0.05, 0) is 33.6 Å². The largest absolute Gasteiger partial charge is 0.469 e. The van der Waals surface area contributed by atoms with Crippen LogP contribution in [0.3, 0.4) is 0 Å². The number of hydrogen-bond donors (Lipinski definition) is 0. The van der Waals surface area contributed by atoms with Crippen molar-refractivity contribution in [2.75, 3.05) is 13.9 Å². The van der Waals surface area contributed by atoms with Gasteiger partial charge in [0.2, 0.25) is 6.79 Å². The van der Waals surface area contributed by atoms with Crippen molar-refractivity contribution in [3.8, 4) is 0 Å². The van der Waals surface area contributed by atoms with Gasteiger partial charge in [-0.2, -0.15) is 0 Å². The van der Waals surface area contributed by atoms with E-state index in [-0.39, 0.29) is 25.6 Å². The quantitative estimate of drug-likeness (QED) is 0.400. The smallest absolute Gasteiger partial charge is 0.314 e. The van der Waals surface area contributed by atoms with Crippen LogP contribution in [0.15, 0.2) is 0 Å². The predicted octanol–water partition coefficient (Wildman–Crippen LogP) is 1.81. The van der Waals surface area contributed by atoms with Crippen LogP contribution in [0.1, 0.15) is 46.5 Å². The Kier molecular flexibility index (Phi) is 7.79. The molecule has 0 bridgehead atoms. The molecule has 19 heavy (non-hydrogen) atoms. The first-order valence-corrected chi connectivity index (χ1v) is 6.17. The van der Waals surface area contributed by atoms with Crippen LogP contribution in [0.2, 0.25) is 0 Å². The molecule has 0 rings (SSSR count). The number of ether oxygens (including phenoxy) is 3. The van der Waals surface area contributed by atoms with Crippen molar-refractivity contribution in [2.24, 2.45) is 5.41 Å². The molecule has 0 N–H and O–H groups in total. The Balaban J connectivity index is 3.61. The molecule has 0 atom stereocenters. The number of hydrogen-bond acceptors (Lipinski definition) is 6. The molecule has 0 spiro atoms. The zero-order valence-electron chi connectivity index (χ0n) is 12.0. The van der Waals surface area contributed by atoms with Crippen LogP contribution >= 0.6 is 0 Å². The van der Waals surface area contributed by atoms with Crippen LogP contribution in [-0.2, 0) is 28.6 Å². The number of carbonyl (C=O) groups excluding carboxylic acids is 3. The average Bonchev–Trinajstić information content (AvgIpc) is 2.32. The number of unbranched alkanes of at least 4 members (excludes halogenated alkanes) is 1. The summed E-state index contributed by atoms with van der Waals surface area (Å²) >= 11 is 0. The molecule has 0 unspecified atom stereocenters. The lowest BCUT2D eigenvalue weighted by Crippen LogP contribution is -2.24. The van der Waals surface area contributed by atoms with Gasteiger partial charge in [0.1, 0.15) is 0 Å². The molecule has 110 valence electrons. The van der Waals surface area contributed by atoms with Gasteiger partial charge in [-0.3, -0.25) is 14.4 Å². The van der Waals surface area contributed by atoms with Gasteiger partial charge in [0.05, 0.1) is 12.5 Å². The Morgan fingerprint density at radius 2 is 1.42 bits per heavy atom. The molecule has 0 saturated heterocycles. The van der Waals surface area contributed by atoms with Gasteiger partial charge < -0.3 is 14.2 Å². The molecule has 0 aliphatic heterocycles. The Labute approximate surface area is 113 Å². The molecule has 0 radical (unpaired) electrons. The maximum Gasteiger partial charge on any atom is 0.314 e. The summed E-state index contributed by atoms with van der Waals surface area (Å²) in [5, 5.41) is 0. The monoisotopic (exact) mass is 274 g/mol. The molecular formula is C13H22O6. The third-order valence-electron chi connectivity index (χ3n) is 2.26. The fraction of sp³-hybridized carbons (Fsp3) is 0.769. The first kappa shape index (κ1) is 17.4. The highest BCUT2D eigenvalue weighted by atomic mass is 16.7. The molecule has 6 nitrogen and oxygen atoms in total. The van der Waals surface area contributed by atoms with E-state index in [4.69, 9.17) is 9.47 Å². The van der Waals surface area contributed by atoms with Crippen LogP contribution in [0, 0.1) is 5.41 Å². The molecule has 6 heteroatoms. The van der Waals surface area contributed by atoms with E-state index < -0.39 is 17.4 Å². The van der Waals surface area contributed by atoms with Gasteiger partial charge >= 0.3 is 17.9 Å². The van der Waals surface area contributed by atoms with Crippen LogP contribution in [0.4, 0.5) is 0 Å². The van der Waals surface area contributed by atoms with Crippen molar-refractivity contribution >= 4 is 17.9 Å². The van der Waals surface area contributed by atoms with Crippen molar-refractivity contribution in [3.63, 3.8) is 0 Å². The topological polar surface area (TPSA) is 78.9 Å². The van der Waals surface area contributed by atoms with E-state index in [1.54, 1.807) is 20.8 Å². The molecule has 0 aromatic heterocycles. The van der Waals surface area contributed by atoms with Gasteiger partial charge in [0.25, 0.3) is 0 Å². The summed E-state index contributed by atoms with van der Waals surface area (Å²) in [6.45, 7) is 4.77. The standard InChI is InChI=1S/C13H22O6/c1-13(2,3)12(16)19-9-18-11(15)8-6-5-7-10(14)17-4/h5-9H2,1-4H3. The summed E-state index contributed by atoms with van der Waals surface area (Å²) in [5.74, 6) is -1.18. The van der Waals surface area contributed by atoms with E-state index in [9.17, 15) is 14.4 Å². The zero-order valence-corrected chi connectivity index (χ0v) is 12.0. The van der Waals surface area contributed by atoms with Crippen molar-refractivity contribution in [2.45, 2.75) is 46.5 Å². The molecule has 0 amide bonds. The minimum Gasteiger partial charge on any atom is -0.469 e. The van der Waals surface area contributed by atoms with Crippen molar-refractivity contribution in [1.29, 1.82) is 0 Å². The summed E-state index contributed by atoms with van der Waals surface area (Å²) in [6, 6.07) is 0. The zero-order chi connectivity index (χ0) is 14.9. The second-order valence-corrected chi connectivity index (χ2v) is 5.10. The summed E-state index contributed by atoms with van der Waals surface area (Å²) in [5.41, 5.74) is -0.618. The van der Waals surface area contributed by atoms with Crippen molar-refractivity contribution < 1.29 is 28.6 Å². The highest BCUT2D eigenvalue weighted by Crippen LogP contribution is 2.14. The van der Waals surface area contributed by atoms with E-state index in [1.807, 2.05) is 0 Å². The van der Waals surface area contributed by atoms with Crippen LogP contribution in [0.5, 0.6) is 0 Å². The van der Waals surface area contributed by atoms with Gasteiger partial charge in [0, 0.05) is 12.8 Å². The maximum atomic E-state index is 11.3. The lowest BCUT2D eigenvalue weighted by molar-refractivity contribution is -0.173. The number of esters is 3. The van der Waals surface area contributed by atoms with E-state index in [1.165, 1.54) is 7.11 Å². The average molecular weight is 274 g/mol. The molecule has 0 heterocycles. The minimum absolute atomic E-state index is 0.185. The molecule has 0 aliphatic carbocycles. The fourth-order valence-corrected chi connectivity index (χ4v) is 1.08. The first-order valence-electron chi connectivity index (χ1n) is 6.17. The van der Waals surface area contributed by atoms with E-state index in [0.29, 0.717) is 12.8 Å². The normalized spacial score (nSPS) is 10.7. The summed E-state index contributed by atoms with van der Waals surface area (Å²) < 4.78 is 14.0. The van der Waals surface area contributed by atoms with Gasteiger partial charge in [-0.1, -0.05) is 0 Å². The van der Waals surface area contributed by atoms with Crippen LogP contribution in [0.25, 0.3) is 0 Å². The van der Waals surface area contributed by atoms with Gasteiger partial charge in [-0.25, -0.2) is 0 Å². The summed E-state index contributed by atoms with van der Waals surface area (Å²) in [7, 11) is 1.32. The summed E-state index contributed by atoms with van der Waals surface area (Å²) in [4.78, 5) is 33.4. The predicted molar refractivity (Wildman–Crippen MR) is 67.0 cm³/mol. The second kappa shape index (κ2) is 8.50. The Bertz CT molecular complexity index is 316. The molecular weight excluding hydrogens is 252 g/mol. The van der Waals surface area contributed by atoms with Gasteiger partial charge in [0.15, 0.2) is 0 Å². The Morgan fingerprint density at radius 3 is 1.89 bits per heavy atom. The van der Waals surface area contributed by atoms with E-state index in [2.05, 4.69) is 4.74 Å².